The van der Waals surface area contributed by atoms with E-state index in [0.717, 1.165) is 16.5 Å². The van der Waals surface area contributed by atoms with E-state index < -0.39 is 15.9 Å². The van der Waals surface area contributed by atoms with Crippen molar-refractivity contribution in [2.45, 2.75) is 11.8 Å². The lowest BCUT2D eigenvalue weighted by Gasteiger charge is -2.09. The number of sulfonamides is 1. The van der Waals surface area contributed by atoms with E-state index in [1.165, 1.54) is 42.6 Å². The highest BCUT2D eigenvalue weighted by Crippen LogP contribution is 2.19. The Balaban J connectivity index is 1.41. The highest BCUT2D eigenvalue weighted by molar-refractivity contribution is 7.92. The number of nitrogens with one attached hydrogen (secondary N) is 2. The number of aryl methyl sites for hydroxylation is 1. The fourth-order valence-electron chi connectivity index (χ4n) is 3.05. The summed E-state index contributed by atoms with van der Waals surface area (Å²) >= 11 is 6.19. The number of rotatable bonds is 6. The van der Waals surface area contributed by atoms with Crippen molar-refractivity contribution in [1.82, 2.24) is 10.4 Å². The van der Waals surface area contributed by atoms with E-state index in [-0.39, 0.29) is 10.0 Å². The summed E-state index contributed by atoms with van der Waals surface area (Å²) in [7, 11) is -3.72. The fraction of sp³-hybridized carbons (Fsp3) is 0.0417. The molecule has 4 rings (SSSR count). The summed E-state index contributed by atoms with van der Waals surface area (Å²) in [5.41, 5.74) is 5.37. The van der Waals surface area contributed by atoms with Gasteiger partial charge in [-0.2, -0.15) is 5.10 Å². The van der Waals surface area contributed by atoms with E-state index in [0.29, 0.717) is 16.8 Å². The van der Waals surface area contributed by atoms with Crippen molar-refractivity contribution in [3.8, 4) is 0 Å². The van der Waals surface area contributed by atoms with Crippen LogP contribution in [0, 0.1) is 6.92 Å². The first-order valence-corrected chi connectivity index (χ1v) is 11.8. The molecule has 4 aromatic rings. The number of halogens is 1. The first-order chi connectivity index (χ1) is 15.8. The number of amides is 1. The van der Waals surface area contributed by atoms with Gasteiger partial charge in [-0.25, -0.2) is 18.8 Å². The van der Waals surface area contributed by atoms with Gasteiger partial charge in [0.15, 0.2) is 0 Å². The Hall–Kier alpha value is -3.75. The van der Waals surface area contributed by atoms with E-state index >= 15 is 0 Å². The number of hydrogen-bond donors (Lipinski definition) is 2. The molecular weight excluding hydrogens is 460 g/mol. The third-order valence-electron chi connectivity index (χ3n) is 4.80. The summed E-state index contributed by atoms with van der Waals surface area (Å²) in [6.45, 7) is 1.88. The molecule has 3 aromatic carbocycles. The highest BCUT2D eigenvalue weighted by Gasteiger charge is 2.14. The van der Waals surface area contributed by atoms with Crippen LogP contribution in [-0.4, -0.2) is 25.5 Å². The SMILES string of the molecule is Cc1ccc(S(=O)(=O)Nc2ccc(C(=O)N/N=C/c3cc4ccccc4nc3Cl)cc2)cc1. The normalized spacial score (nSPS) is 11.6. The van der Waals surface area contributed by atoms with Crippen molar-refractivity contribution in [2.75, 3.05) is 4.72 Å². The maximum atomic E-state index is 12.5. The molecule has 1 amide bonds. The Morgan fingerprint density at radius 3 is 2.42 bits per heavy atom. The molecule has 1 aromatic heterocycles. The predicted octanol–water partition coefficient (Wildman–Crippen LogP) is 4.76. The summed E-state index contributed by atoms with van der Waals surface area (Å²) in [5, 5.41) is 5.13. The molecule has 166 valence electrons. The lowest BCUT2D eigenvalue weighted by atomic mass is 10.2. The van der Waals surface area contributed by atoms with Crippen LogP contribution in [0.1, 0.15) is 21.5 Å². The van der Waals surface area contributed by atoms with Gasteiger partial charge >= 0.3 is 0 Å². The third kappa shape index (κ3) is 5.36. The molecule has 0 aliphatic rings. The number of fused-ring (bicyclic) bond motifs is 1. The van der Waals surface area contributed by atoms with Gasteiger partial charge in [-0.1, -0.05) is 47.5 Å². The van der Waals surface area contributed by atoms with E-state index in [1.807, 2.05) is 37.3 Å². The first kappa shape index (κ1) is 22.4. The van der Waals surface area contributed by atoms with Crippen molar-refractivity contribution < 1.29 is 13.2 Å². The number of hydrazone groups is 1. The molecule has 0 atom stereocenters. The average molecular weight is 479 g/mol. The van der Waals surface area contributed by atoms with Crippen LogP contribution >= 0.6 is 11.6 Å². The molecule has 0 aliphatic carbocycles. The quantitative estimate of drug-likeness (QED) is 0.237. The van der Waals surface area contributed by atoms with Crippen LogP contribution < -0.4 is 10.1 Å². The molecule has 0 saturated carbocycles. The van der Waals surface area contributed by atoms with Crippen LogP contribution in [0.4, 0.5) is 5.69 Å². The standard InChI is InChI=1S/C24H19ClN4O3S/c1-16-6-12-21(13-7-16)33(31,32)29-20-10-8-17(9-11-20)24(30)28-26-15-19-14-18-4-2-3-5-22(18)27-23(19)25/h2-15,29H,1H3,(H,28,30)/b26-15+. The summed E-state index contributed by atoms with van der Waals surface area (Å²) in [6.07, 6.45) is 1.42. The fourth-order valence-corrected chi connectivity index (χ4v) is 4.30. The van der Waals surface area contributed by atoms with Gasteiger partial charge < -0.3 is 0 Å². The maximum absolute atomic E-state index is 12.5. The summed E-state index contributed by atoms with van der Waals surface area (Å²) in [4.78, 5) is 16.8. The van der Waals surface area contributed by atoms with Crippen molar-refractivity contribution >= 4 is 50.3 Å². The number of aromatic nitrogens is 1. The smallest absolute Gasteiger partial charge is 0.271 e. The Morgan fingerprint density at radius 1 is 1.00 bits per heavy atom. The van der Waals surface area contributed by atoms with Crippen molar-refractivity contribution in [2.24, 2.45) is 5.10 Å². The third-order valence-corrected chi connectivity index (χ3v) is 6.50. The molecule has 0 radical (unpaired) electrons. The zero-order valence-corrected chi connectivity index (χ0v) is 19.1. The lowest BCUT2D eigenvalue weighted by molar-refractivity contribution is 0.0955. The van der Waals surface area contributed by atoms with Crippen molar-refractivity contribution in [3.63, 3.8) is 0 Å². The van der Waals surface area contributed by atoms with Gasteiger partial charge in [-0.3, -0.25) is 9.52 Å². The number of carbonyl (C=O) groups excluding carboxylic acids is 1. The van der Waals surface area contributed by atoms with Gasteiger partial charge in [0.25, 0.3) is 15.9 Å². The number of benzene rings is 3. The molecule has 0 saturated heterocycles. The second-order valence-corrected chi connectivity index (χ2v) is 9.30. The number of nitrogens with zero attached hydrogens (tertiary/aromatic N) is 2. The van der Waals surface area contributed by atoms with Crippen LogP contribution in [-0.2, 0) is 10.0 Å². The zero-order chi connectivity index (χ0) is 23.4. The molecular formula is C24H19ClN4O3S. The van der Waals surface area contributed by atoms with Gasteiger partial charge in [0, 0.05) is 22.2 Å². The van der Waals surface area contributed by atoms with Gasteiger partial charge in [-0.15, -0.1) is 0 Å². The Bertz CT molecular complexity index is 1450. The van der Waals surface area contributed by atoms with Crippen LogP contribution in [0.15, 0.2) is 88.9 Å². The number of para-hydroxylation sites is 1. The minimum Gasteiger partial charge on any atom is -0.280 e. The van der Waals surface area contributed by atoms with Gasteiger partial charge in [-0.05, 0) is 55.5 Å². The maximum Gasteiger partial charge on any atom is 0.271 e. The Morgan fingerprint density at radius 2 is 1.70 bits per heavy atom. The van der Waals surface area contributed by atoms with E-state index in [4.69, 9.17) is 11.6 Å². The highest BCUT2D eigenvalue weighted by atomic mass is 35.5. The Labute approximate surface area is 196 Å². The van der Waals surface area contributed by atoms with Crippen molar-refractivity contribution in [1.29, 1.82) is 0 Å². The number of anilines is 1. The number of pyridine rings is 1. The summed E-state index contributed by atoms with van der Waals surface area (Å²) in [6, 6.07) is 21.9. The molecule has 0 aliphatic heterocycles. The topological polar surface area (TPSA) is 101 Å². The molecule has 0 unspecified atom stereocenters. The first-order valence-electron chi connectivity index (χ1n) is 9.90. The molecule has 0 fully saturated rings. The van der Waals surface area contributed by atoms with E-state index in [2.05, 4.69) is 20.2 Å². The number of carbonyl (C=O) groups is 1. The average Bonchev–Trinajstić information content (AvgIpc) is 2.80. The monoisotopic (exact) mass is 478 g/mol. The second kappa shape index (κ2) is 9.40. The van der Waals surface area contributed by atoms with Crippen molar-refractivity contribution in [3.05, 3.63) is 101 Å². The molecule has 7 nitrogen and oxygen atoms in total. The van der Waals surface area contributed by atoms with Crippen LogP contribution in [0.2, 0.25) is 5.15 Å². The second-order valence-electron chi connectivity index (χ2n) is 7.26. The van der Waals surface area contributed by atoms with Gasteiger partial charge in [0.05, 0.1) is 16.6 Å². The minimum absolute atomic E-state index is 0.158. The zero-order valence-electron chi connectivity index (χ0n) is 17.5. The summed E-state index contributed by atoms with van der Waals surface area (Å²) < 4.78 is 27.5. The lowest BCUT2D eigenvalue weighted by Crippen LogP contribution is -2.18. The molecule has 2 N–H and O–H groups in total. The predicted molar refractivity (Wildman–Crippen MR) is 130 cm³/mol. The van der Waals surface area contributed by atoms with Crippen LogP contribution in [0.25, 0.3) is 10.9 Å². The van der Waals surface area contributed by atoms with E-state index in [9.17, 15) is 13.2 Å². The van der Waals surface area contributed by atoms with Gasteiger partial charge in [0.2, 0.25) is 0 Å². The molecule has 0 spiro atoms. The summed E-state index contributed by atoms with van der Waals surface area (Å²) in [5.74, 6) is -0.455. The van der Waals surface area contributed by atoms with Gasteiger partial charge in [0.1, 0.15) is 5.15 Å². The molecule has 0 bridgehead atoms. The van der Waals surface area contributed by atoms with E-state index in [1.54, 1.807) is 12.1 Å². The minimum atomic E-state index is -3.72. The molecule has 33 heavy (non-hydrogen) atoms. The van der Waals surface area contributed by atoms with Crippen LogP contribution in [0.3, 0.4) is 0 Å². The number of hydrogen-bond acceptors (Lipinski definition) is 5. The van der Waals surface area contributed by atoms with Crippen LogP contribution in [0.5, 0.6) is 0 Å². The molecule has 9 heteroatoms. The largest absolute Gasteiger partial charge is 0.280 e. The Kier molecular flexibility index (Phi) is 6.39. The molecule has 1 heterocycles.